The molecule has 1 heteroatoms. The molecule has 0 saturated carbocycles. The van der Waals surface area contributed by atoms with Crippen LogP contribution in [-0.4, -0.2) is 14.5 Å². The van der Waals surface area contributed by atoms with Crippen molar-refractivity contribution in [2.45, 2.75) is 0 Å². The van der Waals surface area contributed by atoms with Crippen LogP contribution in [0.25, 0.3) is 12.2 Å². The van der Waals surface area contributed by atoms with Crippen LogP contribution in [0.5, 0.6) is 0 Å². The van der Waals surface area contributed by atoms with E-state index in [1.807, 2.05) is 6.07 Å². The van der Waals surface area contributed by atoms with E-state index in [1.165, 1.54) is 10.0 Å². The fourth-order valence-corrected chi connectivity index (χ4v) is 2.43. The van der Waals surface area contributed by atoms with Crippen LogP contribution in [0.15, 0.2) is 47.4 Å². The van der Waals surface area contributed by atoms with Crippen molar-refractivity contribution in [2.75, 3.05) is 0 Å². The molecule has 0 amide bonds. The summed E-state index contributed by atoms with van der Waals surface area (Å²) in [7, 11) is 0. The van der Waals surface area contributed by atoms with Gasteiger partial charge in [-0.05, 0) is 0 Å². The number of rotatable bonds is 2. The van der Waals surface area contributed by atoms with E-state index in [2.05, 4.69) is 53.5 Å². The Labute approximate surface area is 84.3 Å². The molecule has 0 saturated heterocycles. The molecule has 1 aromatic carbocycles. The molecule has 1 aromatic heterocycles. The molecular formula is C12H10Se. The summed E-state index contributed by atoms with van der Waals surface area (Å²) in [5.74, 6) is 0. The van der Waals surface area contributed by atoms with Crippen LogP contribution in [0.3, 0.4) is 0 Å². The van der Waals surface area contributed by atoms with Gasteiger partial charge in [-0.1, -0.05) is 0 Å². The van der Waals surface area contributed by atoms with Gasteiger partial charge in [0.25, 0.3) is 0 Å². The summed E-state index contributed by atoms with van der Waals surface area (Å²) in [5, 5.41) is 0. The minimum atomic E-state index is 0.561. The fourth-order valence-electron chi connectivity index (χ4n) is 1.13. The molecule has 0 bridgehead atoms. The average molecular weight is 233 g/mol. The van der Waals surface area contributed by atoms with Gasteiger partial charge in [-0.3, -0.25) is 0 Å². The Morgan fingerprint density at radius 1 is 0.846 bits per heavy atom. The third-order valence-electron chi connectivity index (χ3n) is 1.78. The second-order valence-corrected chi connectivity index (χ2v) is 4.81. The van der Waals surface area contributed by atoms with Crippen molar-refractivity contribution in [1.29, 1.82) is 0 Å². The van der Waals surface area contributed by atoms with Crippen molar-refractivity contribution in [3.8, 4) is 0 Å². The summed E-state index contributed by atoms with van der Waals surface area (Å²) in [6.07, 6.45) is 4.37. The van der Waals surface area contributed by atoms with Crippen molar-refractivity contribution < 1.29 is 0 Å². The van der Waals surface area contributed by atoms with Crippen LogP contribution in [0.4, 0.5) is 0 Å². The van der Waals surface area contributed by atoms with Crippen LogP contribution in [0.2, 0.25) is 0 Å². The van der Waals surface area contributed by atoms with Gasteiger partial charge in [0.05, 0.1) is 0 Å². The normalized spacial score (nSPS) is 10.8. The van der Waals surface area contributed by atoms with Crippen LogP contribution < -0.4 is 0 Å². The van der Waals surface area contributed by atoms with E-state index in [0.29, 0.717) is 14.5 Å². The molecule has 0 aliphatic rings. The van der Waals surface area contributed by atoms with Gasteiger partial charge in [-0.25, -0.2) is 0 Å². The van der Waals surface area contributed by atoms with Gasteiger partial charge in [0.1, 0.15) is 0 Å². The van der Waals surface area contributed by atoms with E-state index < -0.39 is 0 Å². The number of hydrogen-bond donors (Lipinski definition) is 0. The van der Waals surface area contributed by atoms with Crippen LogP contribution in [-0.2, 0) is 0 Å². The molecule has 64 valence electrons. The molecule has 0 spiro atoms. The van der Waals surface area contributed by atoms with Gasteiger partial charge in [0, 0.05) is 0 Å². The van der Waals surface area contributed by atoms with E-state index in [4.69, 9.17) is 0 Å². The summed E-state index contributed by atoms with van der Waals surface area (Å²) in [6, 6.07) is 14.7. The maximum absolute atomic E-state index is 2.23. The Balaban J connectivity index is 2.15. The molecule has 0 nitrogen and oxygen atoms in total. The standard InChI is InChI=1S/C12H10Se/c1-2-5-11(6-3-1)8-9-12-7-4-10-13-12/h1-10H/b9-8+. The molecule has 1 heterocycles. The van der Waals surface area contributed by atoms with E-state index in [9.17, 15) is 0 Å². The molecule has 0 unspecified atom stereocenters. The molecule has 0 aliphatic carbocycles. The molecular weight excluding hydrogens is 223 g/mol. The van der Waals surface area contributed by atoms with E-state index in [0.717, 1.165) is 0 Å². The Kier molecular flexibility index (Phi) is 2.81. The first-order chi connectivity index (χ1) is 6.45. The Morgan fingerprint density at radius 2 is 1.69 bits per heavy atom. The first kappa shape index (κ1) is 8.55. The number of hydrogen-bond acceptors (Lipinski definition) is 0. The third kappa shape index (κ3) is 2.45. The third-order valence-corrected chi connectivity index (χ3v) is 3.54. The first-order valence-electron chi connectivity index (χ1n) is 4.22. The van der Waals surface area contributed by atoms with Crippen molar-refractivity contribution in [2.24, 2.45) is 0 Å². The molecule has 0 N–H and O–H groups in total. The number of benzene rings is 1. The zero-order chi connectivity index (χ0) is 8.93. The van der Waals surface area contributed by atoms with Crippen LogP contribution >= 0.6 is 0 Å². The van der Waals surface area contributed by atoms with Gasteiger partial charge in [0.15, 0.2) is 0 Å². The van der Waals surface area contributed by atoms with Gasteiger partial charge in [0.2, 0.25) is 0 Å². The molecule has 0 atom stereocenters. The predicted molar refractivity (Wildman–Crippen MR) is 58.8 cm³/mol. The summed E-state index contributed by atoms with van der Waals surface area (Å²) < 4.78 is 1.44. The minimum absolute atomic E-state index is 0.561. The summed E-state index contributed by atoms with van der Waals surface area (Å²) in [5.41, 5.74) is 1.27. The Bertz CT molecular complexity index is 371. The SMILES string of the molecule is C(=C\c1ccc[se]1)/c1ccccc1. The summed E-state index contributed by atoms with van der Waals surface area (Å²) in [6.45, 7) is 0. The van der Waals surface area contributed by atoms with E-state index in [1.54, 1.807) is 0 Å². The average Bonchev–Trinajstić information content (AvgIpc) is 2.69. The van der Waals surface area contributed by atoms with Gasteiger partial charge >= 0.3 is 84.1 Å². The summed E-state index contributed by atoms with van der Waals surface area (Å²) >= 11 is 0.561. The fraction of sp³-hybridized carbons (Fsp3) is 0. The molecule has 2 aromatic rings. The second kappa shape index (κ2) is 4.27. The molecule has 2 rings (SSSR count). The predicted octanol–water partition coefficient (Wildman–Crippen LogP) is 2.91. The van der Waals surface area contributed by atoms with Crippen molar-refractivity contribution >= 4 is 26.7 Å². The maximum atomic E-state index is 2.23. The van der Waals surface area contributed by atoms with Crippen molar-refractivity contribution in [1.82, 2.24) is 0 Å². The molecule has 0 radical (unpaired) electrons. The quantitative estimate of drug-likeness (QED) is 0.699. The zero-order valence-electron chi connectivity index (χ0n) is 7.18. The van der Waals surface area contributed by atoms with Crippen LogP contribution in [0.1, 0.15) is 10.0 Å². The zero-order valence-corrected chi connectivity index (χ0v) is 8.89. The molecule has 0 aliphatic heterocycles. The Morgan fingerprint density at radius 3 is 2.38 bits per heavy atom. The van der Waals surface area contributed by atoms with E-state index >= 15 is 0 Å². The van der Waals surface area contributed by atoms with E-state index in [-0.39, 0.29) is 0 Å². The van der Waals surface area contributed by atoms with Crippen LogP contribution in [0, 0.1) is 0 Å². The van der Waals surface area contributed by atoms with Gasteiger partial charge in [-0.15, -0.1) is 0 Å². The Hall–Kier alpha value is -1.04. The molecule has 13 heavy (non-hydrogen) atoms. The second-order valence-electron chi connectivity index (χ2n) is 2.76. The monoisotopic (exact) mass is 234 g/mol. The van der Waals surface area contributed by atoms with Crippen molar-refractivity contribution in [3.05, 3.63) is 57.4 Å². The molecule has 0 fully saturated rings. The first-order valence-corrected chi connectivity index (χ1v) is 6.06. The van der Waals surface area contributed by atoms with Gasteiger partial charge in [-0.2, -0.15) is 0 Å². The topological polar surface area (TPSA) is 0 Å². The van der Waals surface area contributed by atoms with Gasteiger partial charge < -0.3 is 0 Å². The summed E-state index contributed by atoms with van der Waals surface area (Å²) in [4.78, 5) is 2.23. The van der Waals surface area contributed by atoms with Crippen molar-refractivity contribution in [3.63, 3.8) is 0 Å².